The second-order valence-electron chi connectivity index (χ2n) is 10.5. The van der Waals surface area contributed by atoms with Crippen LogP contribution in [0.15, 0.2) is 115 Å². The van der Waals surface area contributed by atoms with Crippen molar-refractivity contribution in [2.75, 3.05) is 0 Å². The van der Waals surface area contributed by atoms with Gasteiger partial charge < -0.3 is 4.74 Å². The Balaban J connectivity index is 1.74. The van der Waals surface area contributed by atoms with Crippen LogP contribution < -0.4 is 0 Å². The fourth-order valence-electron chi connectivity index (χ4n) is 4.73. The normalized spacial score (nSPS) is 13.2. The Labute approximate surface area is 221 Å². The molecule has 0 saturated heterocycles. The quantitative estimate of drug-likeness (QED) is 0.220. The lowest BCUT2D eigenvalue weighted by Gasteiger charge is -2.37. The van der Waals surface area contributed by atoms with Gasteiger partial charge in [-0.15, -0.1) is 0 Å². The van der Waals surface area contributed by atoms with E-state index in [1.165, 1.54) is 16.7 Å². The Morgan fingerprint density at radius 3 is 1.78 bits per heavy atom. The van der Waals surface area contributed by atoms with Crippen molar-refractivity contribution in [1.29, 1.82) is 0 Å². The summed E-state index contributed by atoms with van der Waals surface area (Å²) in [6, 6.07) is 39.9. The minimum absolute atomic E-state index is 0.0858. The van der Waals surface area contributed by atoms with E-state index in [1.54, 1.807) is 0 Å². The summed E-state index contributed by atoms with van der Waals surface area (Å²) in [6.07, 6.45) is 0.270. The maximum absolute atomic E-state index is 13.2. The molecule has 0 aliphatic carbocycles. The molecular formula is C34H37NO2. The zero-order chi connectivity index (χ0) is 26.3. The van der Waals surface area contributed by atoms with Crippen LogP contribution in [0.1, 0.15) is 62.9 Å². The molecule has 0 amide bonds. The number of ether oxygens (including phenoxy) is 1. The lowest BCUT2D eigenvalue weighted by atomic mass is 9.94. The molecule has 2 atom stereocenters. The summed E-state index contributed by atoms with van der Waals surface area (Å²) >= 11 is 0. The number of nitrogens with zero attached hydrogens (tertiary/aromatic N) is 1. The molecule has 4 rings (SSSR count). The third kappa shape index (κ3) is 7.41. The van der Waals surface area contributed by atoms with Gasteiger partial charge in [0.2, 0.25) is 0 Å². The predicted molar refractivity (Wildman–Crippen MR) is 152 cm³/mol. The molecule has 0 heterocycles. The Morgan fingerprint density at radius 1 is 0.703 bits per heavy atom. The van der Waals surface area contributed by atoms with Crippen molar-refractivity contribution < 1.29 is 9.53 Å². The largest absolute Gasteiger partial charge is 0.460 e. The number of esters is 1. The smallest absolute Gasteiger partial charge is 0.308 e. The predicted octanol–water partition coefficient (Wildman–Crippen LogP) is 8.39. The van der Waals surface area contributed by atoms with Gasteiger partial charge in [0, 0.05) is 18.6 Å². The first kappa shape index (κ1) is 26.4. The summed E-state index contributed by atoms with van der Waals surface area (Å²) in [5.74, 6) is -0.192. The van der Waals surface area contributed by atoms with Gasteiger partial charge in [-0.1, -0.05) is 115 Å². The van der Waals surface area contributed by atoms with Gasteiger partial charge >= 0.3 is 5.97 Å². The van der Waals surface area contributed by atoms with Gasteiger partial charge in [-0.05, 0) is 55.5 Å². The topological polar surface area (TPSA) is 29.5 Å². The van der Waals surface area contributed by atoms with Crippen molar-refractivity contribution in [2.45, 2.75) is 58.3 Å². The first-order valence-electron chi connectivity index (χ1n) is 13.0. The van der Waals surface area contributed by atoms with Gasteiger partial charge in [0.1, 0.15) is 5.60 Å². The van der Waals surface area contributed by atoms with Gasteiger partial charge in [-0.25, -0.2) is 0 Å². The highest BCUT2D eigenvalue weighted by atomic mass is 16.6. The average Bonchev–Trinajstić information content (AvgIpc) is 2.91. The standard InChI is InChI=1S/C34H37NO2/c1-26(28-16-10-6-11-17-28)35(25-27-14-8-5-9-15-27)32(24-33(36)37-34(2,3)4)31-22-20-30(21-23-31)29-18-12-7-13-19-29/h5-23,26,32H,24-25H2,1-4H3/t26-,32?/m1/s1. The van der Waals surface area contributed by atoms with E-state index in [4.69, 9.17) is 4.74 Å². The van der Waals surface area contributed by atoms with Crippen LogP contribution in [0, 0.1) is 0 Å². The minimum Gasteiger partial charge on any atom is -0.460 e. The maximum Gasteiger partial charge on any atom is 0.308 e. The van der Waals surface area contributed by atoms with Crippen LogP contribution in [0.3, 0.4) is 0 Å². The summed E-state index contributed by atoms with van der Waals surface area (Å²) in [4.78, 5) is 15.6. The second-order valence-corrected chi connectivity index (χ2v) is 10.5. The van der Waals surface area contributed by atoms with Crippen molar-refractivity contribution in [2.24, 2.45) is 0 Å². The van der Waals surface area contributed by atoms with E-state index in [0.717, 1.165) is 11.1 Å². The Bertz CT molecular complexity index is 1250. The third-order valence-corrected chi connectivity index (χ3v) is 6.57. The summed E-state index contributed by atoms with van der Waals surface area (Å²) in [7, 11) is 0. The Kier molecular flexibility index (Phi) is 8.58. The van der Waals surface area contributed by atoms with Crippen molar-refractivity contribution in [3.63, 3.8) is 0 Å². The van der Waals surface area contributed by atoms with Crippen LogP contribution >= 0.6 is 0 Å². The van der Waals surface area contributed by atoms with E-state index in [9.17, 15) is 4.79 Å². The first-order chi connectivity index (χ1) is 17.8. The van der Waals surface area contributed by atoms with E-state index in [2.05, 4.69) is 109 Å². The lowest BCUT2D eigenvalue weighted by Crippen LogP contribution is -2.34. The molecule has 0 aromatic heterocycles. The molecule has 3 heteroatoms. The highest BCUT2D eigenvalue weighted by molar-refractivity contribution is 5.71. The summed E-state index contributed by atoms with van der Waals surface area (Å²) in [5.41, 5.74) is 5.33. The van der Waals surface area contributed by atoms with Crippen LogP contribution in [0.2, 0.25) is 0 Å². The SMILES string of the molecule is C[C@H](c1ccccc1)N(Cc1ccccc1)C(CC(=O)OC(C)(C)C)c1ccc(-c2ccccc2)cc1. The summed E-state index contributed by atoms with van der Waals surface area (Å²) in [5, 5.41) is 0. The van der Waals surface area contributed by atoms with Crippen LogP contribution in [0.4, 0.5) is 0 Å². The summed E-state index contributed by atoms with van der Waals surface area (Å²) in [6.45, 7) is 8.69. The van der Waals surface area contributed by atoms with Gasteiger partial charge in [-0.2, -0.15) is 0 Å². The monoisotopic (exact) mass is 491 g/mol. The van der Waals surface area contributed by atoms with E-state index in [1.807, 2.05) is 39.0 Å². The minimum atomic E-state index is -0.534. The molecule has 4 aromatic carbocycles. The number of carbonyl (C=O) groups excluding carboxylic acids is 1. The molecule has 0 aliphatic rings. The molecular weight excluding hydrogens is 454 g/mol. The van der Waals surface area contributed by atoms with Gasteiger partial charge in [-0.3, -0.25) is 9.69 Å². The molecule has 0 radical (unpaired) electrons. The van der Waals surface area contributed by atoms with Gasteiger partial charge in [0.05, 0.1) is 6.42 Å². The zero-order valence-corrected chi connectivity index (χ0v) is 22.3. The van der Waals surface area contributed by atoms with E-state index in [0.29, 0.717) is 6.54 Å². The molecule has 4 aromatic rings. The zero-order valence-electron chi connectivity index (χ0n) is 22.3. The molecule has 190 valence electrons. The highest BCUT2D eigenvalue weighted by Gasteiger charge is 2.30. The van der Waals surface area contributed by atoms with E-state index in [-0.39, 0.29) is 24.5 Å². The molecule has 3 nitrogen and oxygen atoms in total. The van der Waals surface area contributed by atoms with Crippen LogP contribution in [0.5, 0.6) is 0 Å². The van der Waals surface area contributed by atoms with E-state index >= 15 is 0 Å². The van der Waals surface area contributed by atoms with Crippen molar-refractivity contribution in [1.82, 2.24) is 4.90 Å². The molecule has 0 spiro atoms. The van der Waals surface area contributed by atoms with E-state index < -0.39 is 5.60 Å². The molecule has 0 saturated carbocycles. The van der Waals surface area contributed by atoms with Crippen LogP contribution in [-0.2, 0) is 16.1 Å². The fourth-order valence-corrected chi connectivity index (χ4v) is 4.73. The van der Waals surface area contributed by atoms with Gasteiger partial charge in [0.25, 0.3) is 0 Å². The lowest BCUT2D eigenvalue weighted by molar-refractivity contribution is -0.156. The number of hydrogen-bond donors (Lipinski definition) is 0. The number of benzene rings is 4. The van der Waals surface area contributed by atoms with Crippen molar-refractivity contribution >= 4 is 5.97 Å². The van der Waals surface area contributed by atoms with Crippen LogP contribution in [-0.4, -0.2) is 16.5 Å². The van der Waals surface area contributed by atoms with Crippen LogP contribution in [0.25, 0.3) is 11.1 Å². The van der Waals surface area contributed by atoms with Crippen molar-refractivity contribution in [3.05, 3.63) is 132 Å². The molecule has 0 bridgehead atoms. The number of rotatable bonds is 9. The number of carbonyl (C=O) groups is 1. The van der Waals surface area contributed by atoms with Gasteiger partial charge in [0.15, 0.2) is 0 Å². The second kappa shape index (κ2) is 12.0. The first-order valence-corrected chi connectivity index (χ1v) is 13.0. The molecule has 1 unspecified atom stereocenters. The highest BCUT2D eigenvalue weighted by Crippen LogP contribution is 2.36. The molecule has 0 fully saturated rings. The Morgan fingerprint density at radius 2 is 1.22 bits per heavy atom. The maximum atomic E-state index is 13.2. The molecule has 37 heavy (non-hydrogen) atoms. The Hall–Kier alpha value is -3.69. The third-order valence-electron chi connectivity index (χ3n) is 6.57. The fraction of sp³-hybridized carbons (Fsp3) is 0.265. The molecule has 0 aliphatic heterocycles. The summed E-state index contributed by atoms with van der Waals surface area (Å²) < 4.78 is 5.80. The number of hydrogen-bond acceptors (Lipinski definition) is 3. The van der Waals surface area contributed by atoms with Crippen molar-refractivity contribution in [3.8, 4) is 11.1 Å². The molecule has 0 N–H and O–H groups in total. The average molecular weight is 492 g/mol.